The van der Waals surface area contributed by atoms with Crippen LogP contribution in [-0.4, -0.2) is 61.4 Å². The van der Waals surface area contributed by atoms with Crippen molar-refractivity contribution in [2.45, 2.75) is 43.7 Å². The molecule has 0 spiro atoms. The predicted octanol–water partition coefficient (Wildman–Crippen LogP) is -0.727. The zero-order valence-corrected chi connectivity index (χ0v) is 16.0. The number of nitrogen functional groups attached to an aromatic ring is 1. The number of hydrogen-bond acceptors (Lipinski definition) is 10. The number of nitrogens with zero attached hydrogens (tertiary/aromatic N) is 4. The zero-order chi connectivity index (χ0) is 22.4. The van der Waals surface area contributed by atoms with Gasteiger partial charge < -0.3 is 26.4 Å². The van der Waals surface area contributed by atoms with E-state index in [1.807, 2.05) is 0 Å². The molecule has 1 saturated heterocycles. The van der Waals surface area contributed by atoms with Crippen molar-refractivity contribution in [3.8, 4) is 6.07 Å². The minimum atomic E-state index is -3.20. The topological polar surface area (TPSA) is 183 Å². The fourth-order valence-electron chi connectivity index (χ4n) is 3.11. The molecule has 5 atom stereocenters. The first-order valence-electron chi connectivity index (χ1n) is 8.84. The molecule has 0 aromatic carbocycles. The van der Waals surface area contributed by atoms with Crippen LogP contribution in [0.25, 0.3) is 11.0 Å². The number of aliphatic hydroxyl groups is 2. The van der Waals surface area contributed by atoms with Crippen LogP contribution in [0.2, 0.25) is 0 Å². The quantitative estimate of drug-likeness (QED) is 0.445. The van der Waals surface area contributed by atoms with Crippen LogP contribution in [0, 0.1) is 23.1 Å². The Labute approximate surface area is 168 Å². The molecular weight excluding hydrogens is 406 g/mol. The van der Waals surface area contributed by atoms with Crippen LogP contribution in [-0.2, 0) is 20.0 Å². The van der Waals surface area contributed by atoms with E-state index in [0.717, 1.165) is 6.33 Å². The van der Waals surface area contributed by atoms with Gasteiger partial charge in [-0.05, 0) is 5.92 Å². The van der Waals surface area contributed by atoms with Crippen LogP contribution in [0.15, 0.2) is 12.5 Å². The maximum absolute atomic E-state index is 15.4. The average Bonchev–Trinajstić information content (AvgIpc) is 3.15. The van der Waals surface area contributed by atoms with Crippen LogP contribution in [0.3, 0.4) is 0 Å². The van der Waals surface area contributed by atoms with Gasteiger partial charge >= 0.3 is 5.97 Å². The number of rotatable bonds is 5. The Morgan fingerprint density at radius 1 is 1.47 bits per heavy atom. The molecule has 0 radical (unpaired) electrons. The smallest absolute Gasteiger partial charge is 0.323 e. The number of esters is 1. The highest BCUT2D eigenvalue weighted by Gasteiger charge is 2.66. The van der Waals surface area contributed by atoms with Gasteiger partial charge in [-0.3, -0.25) is 14.1 Å². The van der Waals surface area contributed by atoms with E-state index in [1.165, 1.54) is 0 Å². The number of ether oxygens (including phenoxy) is 2. The number of hydrogen-bond donors (Lipinski definition) is 4. The van der Waals surface area contributed by atoms with Gasteiger partial charge in [0.05, 0.1) is 5.39 Å². The maximum atomic E-state index is 15.4. The minimum Gasteiger partial charge on any atom is -0.458 e. The van der Waals surface area contributed by atoms with Crippen LogP contribution in [0.4, 0.5) is 14.6 Å². The summed E-state index contributed by atoms with van der Waals surface area (Å²) in [5.74, 6) is -5.72. The van der Waals surface area contributed by atoms with Crippen molar-refractivity contribution in [1.82, 2.24) is 14.5 Å². The Balaban J connectivity index is 1.99. The van der Waals surface area contributed by atoms with Crippen LogP contribution in [0.1, 0.15) is 13.8 Å². The second kappa shape index (κ2) is 7.40. The Kier molecular flexibility index (Phi) is 5.37. The number of aromatic nitrogens is 3. The van der Waals surface area contributed by atoms with Gasteiger partial charge in [0.2, 0.25) is 0 Å². The molecule has 0 bridgehead atoms. The van der Waals surface area contributed by atoms with Gasteiger partial charge in [0.25, 0.3) is 11.6 Å². The van der Waals surface area contributed by atoms with Crippen molar-refractivity contribution in [2.24, 2.45) is 11.7 Å². The van der Waals surface area contributed by atoms with Crippen LogP contribution in [0.5, 0.6) is 0 Å². The van der Waals surface area contributed by atoms with E-state index < -0.39 is 48.2 Å². The molecule has 1 aliphatic rings. The van der Waals surface area contributed by atoms with Crippen LogP contribution >= 0.6 is 0 Å². The second-order valence-corrected chi connectivity index (χ2v) is 7.27. The summed E-state index contributed by atoms with van der Waals surface area (Å²) in [6.07, 6.45) is -2.87. The van der Waals surface area contributed by atoms with Gasteiger partial charge in [0.15, 0.2) is 18.1 Å². The van der Waals surface area contributed by atoms with Crippen LogP contribution < -0.4 is 11.5 Å². The standard InChI is InChI=1S/C17H20F2N6O5/c1-7(2)10(21)15(28)29-5-16(19)11(26)12(27)17(4-20,30-16)25-3-8(18)9-13(22)23-6-24-14(9)25/h3,6-7,10-12,26-27H,5,21H2,1-2H3,(H2,22,23,24)/t10-,11-,12+,16+,17+/m0/s1. The summed E-state index contributed by atoms with van der Waals surface area (Å²) in [6.45, 7) is 2.11. The highest BCUT2D eigenvalue weighted by molar-refractivity contribution is 5.87. The molecule has 0 amide bonds. The first kappa shape index (κ1) is 21.8. The lowest BCUT2D eigenvalue weighted by Crippen LogP contribution is -2.46. The number of anilines is 1. The largest absolute Gasteiger partial charge is 0.458 e. The zero-order valence-electron chi connectivity index (χ0n) is 16.0. The Morgan fingerprint density at radius 2 is 2.13 bits per heavy atom. The molecule has 30 heavy (non-hydrogen) atoms. The van der Waals surface area contributed by atoms with E-state index in [2.05, 4.69) is 9.97 Å². The monoisotopic (exact) mass is 426 g/mol. The average molecular weight is 426 g/mol. The highest BCUT2D eigenvalue weighted by Crippen LogP contribution is 2.44. The molecule has 0 saturated carbocycles. The van der Waals surface area contributed by atoms with Gasteiger partial charge in [0, 0.05) is 6.20 Å². The van der Waals surface area contributed by atoms with Crippen molar-refractivity contribution in [2.75, 3.05) is 12.3 Å². The molecule has 11 nitrogen and oxygen atoms in total. The Morgan fingerprint density at radius 3 is 2.73 bits per heavy atom. The second-order valence-electron chi connectivity index (χ2n) is 7.27. The molecule has 0 unspecified atom stereocenters. The number of nitriles is 1. The molecule has 13 heteroatoms. The SMILES string of the molecule is CC(C)[C@H](N)C(=O)OC[C@@]1(F)O[C@@](C#N)(n2cc(F)c3c(N)ncnc32)[C@H](O)[C@@H]1O. The lowest BCUT2D eigenvalue weighted by molar-refractivity contribution is -0.233. The van der Waals surface area contributed by atoms with Gasteiger partial charge in [-0.15, -0.1) is 0 Å². The van der Waals surface area contributed by atoms with Gasteiger partial charge in [0.1, 0.15) is 36.5 Å². The summed E-state index contributed by atoms with van der Waals surface area (Å²) in [5, 5.41) is 30.1. The lowest BCUT2D eigenvalue weighted by atomic mass is 10.0. The van der Waals surface area contributed by atoms with E-state index in [-0.39, 0.29) is 22.8 Å². The summed E-state index contributed by atoms with van der Waals surface area (Å²) >= 11 is 0. The third-order valence-electron chi connectivity index (χ3n) is 4.95. The summed E-state index contributed by atoms with van der Waals surface area (Å²) in [6, 6.07) is 0.471. The van der Waals surface area contributed by atoms with E-state index in [0.29, 0.717) is 10.8 Å². The fraction of sp³-hybridized carbons (Fsp3) is 0.529. The fourth-order valence-corrected chi connectivity index (χ4v) is 3.11. The first-order valence-corrected chi connectivity index (χ1v) is 8.84. The number of halogens is 2. The van der Waals surface area contributed by atoms with Crippen molar-refractivity contribution in [1.29, 1.82) is 5.26 Å². The summed E-state index contributed by atoms with van der Waals surface area (Å²) < 4.78 is 40.3. The first-order chi connectivity index (χ1) is 14.0. The molecular formula is C17H20F2N6O5. The van der Waals surface area contributed by atoms with E-state index in [1.54, 1.807) is 19.9 Å². The number of aliphatic hydroxyl groups excluding tert-OH is 2. The Hall–Kier alpha value is -2.92. The third kappa shape index (κ3) is 3.14. The number of carbonyl (C=O) groups is 1. The maximum Gasteiger partial charge on any atom is 0.323 e. The number of carbonyl (C=O) groups excluding carboxylic acids is 1. The molecule has 6 N–H and O–H groups in total. The van der Waals surface area contributed by atoms with Crippen molar-refractivity contribution >= 4 is 22.8 Å². The molecule has 0 aliphatic carbocycles. The van der Waals surface area contributed by atoms with Gasteiger partial charge in [-0.2, -0.15) is 5.26 Å². The number of nitrogens with two attached hydrogens (primary N) is 2. The summed E-state index contributed by atoms with van der Waals surface area (Å²) in [4.78, 5) is 19.4. The van der Waals surface area contributed by atoms with Crippen molar-refractivity contribution < 1.29 is 33.3 Å². The predicted molar refractivity (Wildman–Crippen MR) is 96.2 cm³/mol. The molecule has 3 rings (SSSR count). The summed E-state index contributed by atoms with van der Waals surface area (Å²) in [7, 11) is 0. The Bertz CT molecular complexity index is 1030. The van der Waals surface area contributed by atoms with E-state index in [9.17, 15) is 24.7 Å². The molecule has 2 aromatic heterocycles. The van der Waals surface area contributed by atoms with E-state index >= 15 is 4.39 Å². The van der Waals surface area contributed by atoms with E-state index in [4.69, 9.17) is 20.9 Å². The molecule has 1 aliphatic heterocycles. The number of fused-ring (bicyclic) bond motifs is 1. The molecule has 162 valence electrons. The third-order valence-corrected chi connectivity index (χ3v) is 4.95. The number of alkyl halides is 1. The summed E-state index contributed by atoms with van der Waals surface area (Å²) in [5.41, 5.74) is 8.31. The molecule has 3 heterocycles. The lowest BCUT2D eigenvalue weighted by Gasteiger charge is -2.27. The van der Waals surface area contributed by atoms with Gasteiger partial charge in [-0.25, -0.2) is 18.7 Å². The molecule has 2 aromatic rings. The van der Waals surface area contributed by atoms with Crippen molar-refractivity contribution in [3.63, 3.8) is 0 Å². The van der Waals surface area contributed by atoms with Gasteiger partial charge in [-0.1, -0.05) is 13.8 Å². The highest BCUT2D eigenvalue weighted by atomic mass is 19.2. The minimum absolute atomic E-state index is 0.263. The molecule has 1 fully saturated rings. The normalized spacial score (nSPS) is 29.8. The van der Waals surface area contributed by atoms with Crippen molar-refractivity contribution in [3.05, 3.63) is 18.3 Å².